The summed E-state index contributed by atoms with van der Waals surface area (Å²) in [4.78, 5) is 5.24. The topological polar surface area (TPSA) is 41.7 Å². The summed E-state index contributed by atoms with van der Waals surface area (Å²) in [5.74, 6) is 1.59. The lowest BCUT2D eigenvalue weighted by Crippen LogP contribution is -2.60. The van der Waals surface area contributed by atoms with Crippen molar-refractivity contribution in [1.29, 1.82) is 0 Å². The Morgan fingerprint density at radius 1 is 1.23 bits per heavy atom. The van der Waals surface area contributed by atoms with Gasteiger partial charge < -0.3 is 9.26 Å². The zero-order valence-electron chi connectivity index (χ0n) is 13.5. The highest BCUT2D eigenvalue weighted by molar-refractivity contribution is 5.05. The minimum Gasteiger partial charge on any atom is -0.376 e. The van der Waals surface area contributed by atoms with Gasteiger partial charge in [-0.1, -0.05) is 5.16 Å². The van der Waals surface area contributed by atoms with Gasteiger partial charge in [0.05, 0.1) is 11.8 Å². The summed E-state index contributed by atoms with van der Waals surface area (Å²) in [7, 11) is 0. The van der Waals surface area contributed by atoms with Crippen molar-refractivity contribution < 1.29 is 9.26 Å². The van der Waals surface area contributed by atoms with Crippen LogP contribution in [0.1, 0.15) is 37.1 Å². The molecule has 4 heterocycles. The Kier molecular flexibility index (Phi) is 4.20. The Balaban J connectivity index is 1.48. The summed E-state index contributed by atoms with van der Waals surface area (Å²) in [6, 6.07) is 2.63. The van der Waals surface area contributed by atoms with E-state index >= 15 is 0 Å². The maximum absolute atomic E-state index is 6.21. The van der Waals surface area contributed by atoms with Gasteiger partial charge in [-0.2, -0.15) is 0 Å². The van der Waals surface area contributed by atoms with Crippen LogP contribution in [0.3, 0.4) is 0 Å². The summed E-state index contributed by atoms with van der Waals surface area (Å²) in [6.45, 7) is 8.56. The quantitative estimate of drug-likeness (QED) is 0.855. The van der Waals surface area contributed by atoms with Gasteiger partial charge in [0.15, 0.2) is 0 Å². The molecule has 0 unspecified atom stereocenters. The molecule has 1 aromatic heterocycles. The molecule has 5 nitrogen and oxygen atoms in total. The van der Waals surface area contributed by atoms with Gasteiger partial charge in [0.1, 0.15) is 5.76 Å². The van der Waals surface area contributed by atoms with Gasteiger partial charge in [-0.25, -0.2) is 0 Å². The minimum atomic E-state index is 0.446. The van der Waals surface area contributed by atoms with Crippen LogP contribution in [0.15, 0.2) is 10.6 Å². The van der Waals surface area contributed by atoms with Crippen molar-refractivity contribution in [2.45, 2.75) is 51.3 Å². The van der Waals surface area contributed by atoms with Crippen molar-refractivity contribution in [3.05, 3.63) is 17.5 Å². The molecule has 0 spiro atoms. The first kappa shape index (κ1) is 14.7. The first-order valence-electron chi connectivity index (χ1n) is 8.80. The third-order valence-electron chi connectivity index (χ3n) is 5.48. The van der Waals surface area contributed by atoms with E-state index in [1.807, 2.05) is 6.92 Å². The third-order valence-corrected chi connectivity index (χ3v) is 5.48. The second-order valence-corrected chi connectivity index (χ2v) is 7.17. The van der Waals surface area contributed by atoms with Crippen LogP contribution in [0.2, 0.25) is 0 Å². The lowest BCUT2D eigenvalue weighted by Gasteiger charge is -2.48. The Morgan fingerprint density at radius 2 is 2.09 bits per heavy atom. The molecule has 3 aliphatic rings. The fourth-order valence-corrected chi connectivity index (χ4v) is 4.51. The fourth-order valence-electron chi connectivity index (χ4n) is 4.51. The number of fused-ring (bicyclic) bond motifs is 1. The molecule has 1 aromatic rings. The van der Waals surface area contributed by atoms with E-state index in [1.54, 1.807) is 0 Å². The molecule has 0 aromatic carbocycles. The van der Waals surface area contributed by atoms with E-state index in [9.17, 15) is 0 Å². The number of rotatable bonds is 3. The highest BCUT2D eigenvalue weighted by atomic mass is 16.5. The van der Waals surface area contributed by atoms with Gasteiger partial charge in [0.2, 0.25) is 0 Å². The number of nitrogens with zero attached hydrogens (tertiary/aromatic N) is 3. The van der Waals surface area contributed by atoms with E-state index in [-0.39, 0.29) is 0 Å². The van der Waals surface area contributed by atoms with Crippen molar-refractivity contribution in [2.24, 2.45) is 5.92 Å². The first-order chi connectivity index (χ1) is 10.8. The molecule has 22 heavy (non-hydrogen) atoms. The van der Waals surface area contributed by atoms with Gasteiger partial charge in [-0.05, 0) is 51.6 Å². The van der Waals surface area contributed by atoms with Crippen LogP contribution in [0, 0.1) is 12.8 Å². The molecule has 0 N–H and O–H groups in total. The molecule has 0 bridgehead atoms. The van der Waals surface area contributed by atoms with Gasteiger partial charge in [0.25, 0.3) is 0 Å². The number of likely N-dealkylation sites (tertiary alicyclic amines) is 2. The zero-order valence-corrected chi connectivity index (χ0v) is 13.5. The molecular weight excluding hydrogens is 278 g/mol. The van der Waals surface area contributed by atoms with E-state index in [0.29, 0.717) is 18.1 Å². The molecule has 4 rings (SSSR count). The number of hydrogen-bond acceptors (Lipinski definition) is 5. The van der Waals surface area contributed by atoms with E-state index in [1.165, 1.54) is 38.8 Å². The fraction of sp³-hybridized carbons (Fsp3) is 0.824. The average Bonchev–Trinajstić information content (AvgIpc) is 3.18. The lowest BCUT2D eigenvalue weighted by molar-refractivity contribution is -0.112. The van der Waals surface area contributed by atoms with Crippen molar-refractivity contribution in [2.75, 3.05) is 32.8 Å². The molecule has 122 valence electrons. The van der Waals surface area contributed by atoms with Crippen LogP contribution >= 0.6 is 0 Å². The maximum Gasteiger partial charge on any atom is 0.133 e. The van der Waals surface area contributed by atoms with E-state index in [4.69, 9.17) is 9.26 Å². The number of piperidine rings is 1. The Labute approximate surface area is 132 Å². The highest BCUT2D eigenvalue weighted by Crippen LogP contribution is 2.33. The van der Waals surface area contributed by atoms with Crippen LogP contribution < -0.4 is 0 Å². The summed E-state index contributed by atoms with van der Waals surface area (Å²) in [6.07, 6.45) is 5.66. The smallest absolute Gasteiger partial charge is 0.133 e. The second-order valence-electron chi connectivity index (χ2n) is 7.17. The molecule has 0 radical (unpaired) electrons. The van der Waals surface area contributed by atoms with Crippen LogP contribution in [0.5, 0.6) is 0 Å². The van der Waals surface area contributed by atoms with E-state index < -0.39 is 0 Å². The van der Waals surface area contributed by atoms with Crippen LogP contribution in [-0.2, 0) is 11.3 Å². The Bertz CT molecular complexity index is 498. The maximum atomic E-state index is 6.21. The standard InChI is InChI=1S/C17H27N3O2/c1-13-9-15(18-22-13)11-19-10-14-5-4-8-21-17(14)16(12-19)20-6-2-3-7-20/h9,14,16-17H,2-8,10-12H2,1H3/t14-,16+,17-/m1/s1. The first-order valence-corrected chi connectivity index (χ1v) is 8.80. The van der Waals surface area contributed by atoms with Crippen molar-refractivity contribution in [1.82, 2.24) is 15.0 Å². The predicted octanol–water partition coefficient (Wildman–Crippen LogP) is 2.06. The van der Waals surface area contributed by atoms with E-state index in [2.05, 4.69) is 21.0 Å². The summed E-state index contributed by atoms with van der Waals surface area (Å²) >= 11 is 0. The number of aromatic nitrogens is 1. The molecule has 0 saturated carbocycles. The summed E-state index contributed by atoms with van der Waals surface area (Å²) in [5.41, 5.74) is 1.06. The summed E-state index contributed by atoms with van der Waals surface area (Å²) in [5, 5.41) is 4.17. The molecule has 3 aliphatic heterocycles. The molecule has 0 amide bonds. The lowest BCUT2D eigenvalue weighted by atomic mass is 9.84. The minimum absolute atomic E-state index is 0.446. The highest BCUT2D eigenvalue weighted by Gasteiger charge is 2.42. The van der Waals surface area contributed by atoms with Crippen molar-refractivity contribution >= 4 is 0 Å². The number of hydrogen-bond donors (Lipinski definition) is 0. The third kappa shape index (κ3) is 2.94. The van der Waals surface area contributed by atoms with Gasteiger partial charge >= 0.3 is 0 Å². The summed E-state index contributed by atoms with van der Waals surface area (Å²) < 4.78 is 11.4. The van der Waals surface area contributed by atoms with Gasteiger partial charge in [-0.15, -0.1) is 0 Å². The monoisotopic (exact) mass is 305 g/mol. The number of aryl methyl sites for hydroxylation is 1. The SMILES string of the molecule is Cc1cc(CN2C[C@H]3CCCO[C@H]3[C@@H](N3CCCC3)C2)no1. The average molecular weight is 305 g/mol. The molecule has 0 aliphatic carbocycles. The van der Waals surface area contributed by atoms with Gasteiger partial charge in [-0.3, -0.25) is 9.80 Å². The predicted molar refractivity (Wildman–Crippen MR) is 83.6 cm³/mol. The molecule has 3 fully saturated rings. The van der Waals surface area contributed by atoms with E-state index in [0.717, 1.165) is 37.7 Å². The van der Waals surface area contributed by atoms with Gasteiger partial charge in [0, 0.05) is 38.3 Å². The zero-order chi connectivity index (χ0) is 14.9. The van der Waals surface area contributed by atoms with Crippen molar-refractivity contribution in [3.63, 3.8) is 0 Å². The number of ether oxygens (including phenoxy) is 1. The van der Waals surface area contributed by atoms with Crippen LogP contribution in [0.4, 0.5) is 0 Å². The Morgan fingerprint density at radius 3 is 2.86 bits per heavy atom. The normalized spacial score (nSPS) is 34.0. The van der Waals surface area contributed by atoms with Crippen LogP contribution in [-0.4, -0.2) is 59.9 Å². The second kappa shape index (κ2) is 6.30. The molecule has 3 atom stereocenters. The Hall–Kier alpha value is -0.910. The van der Waals surface area contributed by atoms with Crippen LogP contribution in [0.25, 0.3) is 0 Å². The van der Waals surface area contributed by atoms with Crippen molar-refractivity contribution in [3.8, 4) is 0 Å². The largest absolute Gasteiger partial charge is 0.376 e. The molecular formula is C17H27N3O2. The molecule has 5 heteroatoms. The molecule has 3 saturated heterocycles.